The fraction of sp³-hybridized carbons (Fsp3) is 0.391. The Morgan fingerprint density at radius 1 is 0.769 bits per heavy atom. The lowest BCUT2D eigenvalue weighted by atomic mass is 9.67. The highest BCUT2D eigenvalue weighted by Crippen LogP contribution is 2.42. The van der Waals surface area contributed by atoms with Gasteiger partial charge in [0.2, 0.25) is 0 Å². The van der Waals surface area contributed by atoms with Crippen molar-refractivity contribution in [3.63, 3.8) is 0 Å². The minimum absolute atomic E-state index is 0.0255. The topological polar surface area (TPSA) is 59.6 Å². The number of aryl methyl sites for hydroxylation is 2. The SMILES string of the molecule is N#C[C@@H]1CC(CCc2ccccc2)(CCc2ccccc2)C[C@H](C#N)N1. The van der Waals surface area contributed by atoms with Crippen LogP contribution < -0.4 is 5.32 Å². The predicted octanol–water partition coefficient (Wildman–Crippen LogP) is 4.41. The van der Waals surface area contributed by atoms with Crippen LogP contribution in [0.3, 0.4) is 0 Å². The largest absolute Gasteiger partial charge is 0.287 e. The van der Waals surface area contributed by atoms with Crippen LogP contribution in [0.4, 0.5) is 0 Å². The summed E-state index contributed by atoms with van der Waals surface area (Å²) in [6.07, 6.45) is 5.66. The number of nitrogens with one attached hydrogen (secondary N) is 1. The zero-order valence-electron chi connectivity index (χ0n) is 15.1. The molecule has 1 heterocycles. The Kier molecular flexibility index (Phi) is 6.05. The number of hydrogen-bond donors (Lipinski definition) is 1. The van der Waals surface area contributed by atoms with E-state index in [0.29, 0.717) is 0 Å². The van der Waals surface area contributed by atoms with E-state index in [4.69, 9.17) is 0 Å². The van der Waals surface area contributed by atoms with Gasteiger partial charge in [0.05, 0.1) is 24.2 Å². The number of piperidine rings is 1. The standard InChI is InChI=1S/C23H25N3/c24-17-21-15-23(16-22(18-25)26-21,13-11-19-7-3-1-4-8-19)14-12-20-9-5-2-6-10-20/h1-10,21-22,26H,11-16H2/t21-,22+. The smallest absolute Gasteiger partial charge is 0.0968 e. The summed E-state index contributed by atoms with van der Waals surface area (Å²) in [5, 5.41) is 22.2. The molecule has 1 aliphatic heterocycles. The van der Waals surface area contributed by atoms with Crippen molar-refractivity contribution in [1.29, 1.82) is 10.5 Å². The second-order valence-corrected chi connectivity index (χ2v) is 7.41. The highest BCUT2D eigenvalue weighted by Gasteiger charge is 2.40. The van der Waals surface area contributed by atoms with Crippen LogP contribution in [0, 0.1) is 28.1 Å². The summed E-state index contributed by atoms with van der Waals surface area (Å²) in [5.41, 5.74) is 2.68. The van der Waals surface area contributed by atoms with Gasteiger partial charge in [-0.3, -0.25) is 5.32 Å². The van der Waals surface area contributed by atoms with Gasteiger partial charge < -0.3 is 0 Å². The molecule has 2 atom stereocenters. The molecule has 132 valence electrons. The molecule has 0 aromatic heterocycles. The Hall–Kier alpha value is -2.62. The Morgan fingerprint density at radius 3 is 1.58 bits per heavy atom. The first-order valence-electron chi connectivity index (χ1n) is 9.36. The van der Waals surface area contributed by atoms with E-state index in [1.807, 2.05) is 12.1 Å². The van der Waals surface area contributed by atoms with Gasteiger partial charge in [0.15, 0.2) is 0 Å². The first kappa shape index (κ1) is 18.2. The van der Waals surface area contributed by atoms with Gasteiger partial charge in [-0.25, -0.2) is 0 Å². The third-order valence-corrected chi connectivity index (χ3v) is 5.56. The predicted molar refractivity (Wildman–Crippen MR) is 103 cm³/mol. The molecule has 0 bridgehead atoms. The molecule has 2 aromatic rings. The van der Waals surface area contributed by atoms with Gasteiger partial charge >= 0.3 is 0 Å². The van der Waals surface area contributed by atoms with E-state index < -0.39 is 0 Å². The van der Waals surface area contributed by atoms with E-state index in [2.05, 4.69) is 66.0 Å². The molecule has 0 aliphatic carbocycles. The third kappa shape index (κ3) is 4.72. The van der Waals surface area contributed by atoms with E-state index in [1.165, 1.54) is 11.1 Å². The molecule has 0 radical (unpaired) electrons. The van der Waals surface area contributed by atoms with Crippen molar-refractivity contribution in [2.75, 3.05) is 0 Å². The van der Waals surface area contributed by atoms with Crippen LogP contribution in [0.15, 0.2) is 60.7 Å². The molecule has 0 unspecified atom stereocenters. The van der Waals surface area contributed by atoms with E-state index in [9.17, 15) is 10.5 Å². The van der Waals surface area contributed by atoms with Crippen molar-refractivity contribution in [3.8, 4) is 12.1 Å². The minimum atomic E-state index is -0.236. The first-order chi connectivity index (χ1) is 12.7. The number of nitrogens with zero attached hydrogens (tertiary/aromatic N) is 2. The van der Waals surface area contributed by atoms with Crippen molar-refractivity contribution in [2.45, 2.75) is 50.6 Å². The highest BCUT2D eigenvalue weighted by molar-refractivity contribution is 5.18. The molecular weight excluding hydrogens is 318 g/mol. The van der Waals surface area contributed by atoms with Crippen molar-refractivity contribution in [3.05, 3.63) is 71.8 Å². The number of rotatable bonds is 6. The summed E-state index contributed by atoms with van der Waals surface area (Å²) in [5.74, 6) is 0. The summed E-state index contributed by atoms with van der Waals surface area (Å²) >= 11 is 0. The maximum atomic E-state index is 9.49. The van der Waals surface area contributed by atoms with Crippen molar-refractivity contribution in [1.82, 2.24) is 5.32 Å². The van der Waals surface area contributed by atoms with Crippen LogP contribution in [0.2, 0.25) is 0 Å². The van der Waals surface area contributed by atoms with Crippen LogP contribution in [0.5, 0.6) is 0 Å². The molecule has 3 nitrogen and oxygen atoms in total. The van der Waals surface area contributed by atoms with E-state index in [0.717, 1.165) is 38.5 Å². The van der Waals surface area contributed by atoms with Gasteiger partial charge in [-0.2, -0.15) is 10.5 Å². The summed E-state index contributed by atoms with van der Waals surface area (Å²) in [4.78, 5) is 0. The summed E-state index contributed by atoms with van der Waals surface area (Å²) in [6.45, 7) is 0. The monoisotopic (exact) mass is 343 g/mol. The second kappa shape index (κ2) is 8.65. The van der Waals surface area contributed by atoms with Gasteiger partial charge in [-0.15, -0.1) is 0 Å². The molecule has 1 aliphatic rings. The first-order valence-corrected chi connectivity index (χ1v) is 9.36. The lowest BCUT2D eigenvalue weighted by Crippen LogP contribution is -2.49. The van der Waals surface area contributed by atoms with Gasteiger partial charge in [0.25, 0.3) is 0 Å². The summed E-state index contributed by atoms with van der Waals surface area (Å²) < 4.78 is 0. The second-order valence-electron chi connectivity index (χ2n) is 7.41. The normalized spacial score (nSPS) is 21.5. The molecule has 2 aromatic carbocycles. The van der Waals surface area contributed by atoms with Crippen LogP contribution in [-0.4, -0.2) is 12.1 Å². The lowest BCUT2D eigenvalue weighted by molar-refractivity contribution is 0.134. The molecule has 3 rings (SSSR count). The average Bonchev–Trinajstić information content (AvgIpc) is 2.72. The zero-order valence-corrected chi connectivity index (χ0v) is 15.1. The number of hydrogen-bond acceptors (Lipinski definition) is 3. The summed E-state index contributed by atoms with van der Waals surface area (Å²) in [6, 6.07) is 25.3. The molecule has 26 heavy (non-hydrogen) atoms. The Labute approximate surface area is 156 Å². The van der Waals surface area contributed by atoms with Gasteiger partial charge in [-0.1, -0.05) is 60.7 Å². The Morgan fingerprint density at radius 2 is 1.19 bits per heavy atom. The van der Waals surface area contributed by atoms with Crippen molar-refractivity contribution in [2.24, 2.45) is 5.41 Å². The van der Waals surface area contributed by atoms with Gasteiger partial charge in [0.1, 0.15) is 0 Å². The maximum absolute atomic E-state index is 9.49. The summed E-state index contributed by atoms with van der Waals surface area (Å²) in [7, 11) is 0. The van der Waals surface area contributed by atoms with Gasteiger partial charge in [0, 0.05) is 0 Å². The number of nitriles is 2. The molecule has 0 spiro atoms. The van der Waals surface area contributed by atoms with Crippen LogP contribution in [0.25, 0.3) is 0 Å². The molecule has 1 saturated heterocycles. The third-order valence-electron chi connectivity index (χ3n) is 5.56. The molecule has 3 heteroatoms. The average molecular weight is 343 g/mol. The Bertz CT molecular complexity index is 703. The zero-order chi connectivity index (χ0) is 18.2. The lowest BCUT2D eigenvalue weighted by Gasteiger charge is -2.42. The van der Waals surface area contributed by atoms with Crippen molar-refractivity contribution >= 4 is 0 Å². The van der Waals surface area contributed by atoms with E-state index in [-0.39, 0.29) is 17.5 Å². The fourth-order valence-electron chi connectivity index (χ4n) is 4.12. The quantitative estimate of drug-likeness (QED) is 0.845. The molecule has 0 amide bonds. The number of benzene rings is 2. The molecule has 0 saturated carbocycles. The van der Waals surface area contributed by atoms with Crippen LogP contribution in [-0.2, 0) is 12.8 Å². The van der Waals surface area contributed by atoms with Crippen LogP contribution >= 0.6 is 0 Å². The highest BCUT2D eigenvalue weighted by atomic mass is 15.0. The fourth-order valence-corrected chi connectivity index (χ4v) is 4.12. The van der Waals surface area contributed by atoms with Crippen LogP contribution in [0.1, 0.15) is 36.8 Å². The van der Waals surface area contributed by atoms with E-state index in [1.54, 1.807) is 0 Å². The molecule has 1 N–H and O–H groups in total. The molecular formula is C23H25N3. The van der Waals surface area contributed by atoms with Gasteiger partial charge in [-0.05, 0) is 55.1 Å². The molecule has 1 fully saturated rings. The van der Waals surface area contributed by atoms with Crippen molar-refractivity contribution < 1.29 is 0 Å². The van der Waals surface area contributed by atoms with E-state index >= 15 is 0 Å². The minimum Gasteiger partial charge on any atom is -0.287 e. The maximum Gasteiger partial charge on any atom is 0.0968 e. The Balaban J connectivity index is 1.77.